The minimum atomic E-state index is -0.00673. The number of aromatic nitrogens is 1. The summed E-state index contributed by atoms with van der Waals surface area (Å²) in [5.74, 6) is 0.844. The molecule has 0 aliphatic carbocycles. The number of methoxy groups -OCH3 is 1. The predicted molar refractivity (Wildman–Crippen MR) is 113 cm³/mol. The van der Waals surface area contributed by atoms with Crippen molar-refractivity contribution in [3.63, 3.8) is 0 Å². The number of ether oxygens (including phenoxy) is 1. The second-order valence-electron chi connectivity index (χ2n) is 6.55. The summed E-state index contributed by atoms with van der Waals surface area (Å²) in [7, 11) is 1.68. The number of benzene rings is 2. The summed E-state index contributed by atoms with van der Waals surface area (Å²) in [6, 6.07) is 17.7. The SMILES string of the molecule is COc1ccccc1N1CCN(C(=O)c2sc(N)nc2-c2ccccc2)CC1. The van der Waals surface area contributed by atoms with Crippen LogP contribution in [0.25, 0.3) is 11.3 Å². The molecule has 3 aromatic rings. The second-order valence-corrected chi connectivity index (χ2v) is 7.58. The molecule has 1 aromatic heterocycles. The van der Waals surface area contributed by atoms with Crippen molar-refractivity contribution in [3.05, 3.63) is 59.5 Å². The molecule has 2 aromatic carbocycles. The number of para-hydroxylation sites is 2. The number of carbonyl (C=O) groups is 1. The summed E-state index contributed by atoms with van der Waals surface area (Å²) < 4.78 is 5.47. The van der Waals surface area contributed by atoms with Gasteiger partial charge in [-0.2, -0.15) is 0 Å². The molecule has 0 saturated carbocycles. The van der Waals surface area contributed by atoms with E-state index in [9.17, 15) is 4.79 Å². The Kier molecular flexibility index (Phi) is 5.16. The lowest BCUT2D eigenvalue weighted by atomic mass is 10.1. The molecule has 7 heteroatoms. The lowest BCUT2D eigenvalue weighted by Gasteiger charge is -2.36. The largest absolute Gasteiger partial charge is 0.495 e. The number of anilines is 2. The van der Waals surface area contributed by atoms with E-state index in [-0.39, 0.29) is 5.91 Å². The van der Waals surface area contributed by atoms with Gasteiger partial charge in [-0.05, 0) is 12.1 Å². The fourth-order valence-corrected chi connectivity index (χ4v) is 4.28. The van der Waals surface area contributed by atoms with Crippen LogP contribution < -0.4 is 15.4 Å². The molecule has 2 heterocycles. The number of rotatable bonds is 4. The van der Waals surface area contributed by atoms with E-state index in [0.29, 0.717) is 28.8 Å². The fourth-order valence-electron chi connectivity index (χ4n) is 3.46. The minimum Gasteiger partial charge on any atom is -0.495 e. The van der Waals surface area contributed by atoms with Crippen LogP contribution in [0, 0.1) is 0 Å². The van der Waals surface area contributed by atoms with E-state index in [2.05, 4.69) is 9.88 Å². The number of nitrogens with two attached hydrogens (primary N) is 1. The number of amides is 1. The number of piperazine rings is 1. The Bertz CT molecular complexity index is 966. The van der Waals surface area contributed by atoms with Gasteiger partial charge in [0.2, 0.25) is 0 Å². The lowest BCUT2D eigenvalue weighted by molar-refractivity contribution is 0.0752. The Balaban J connectivity index is 1.51. The van der Waals surface area contributed by atoms with Crippen molar-refractivity contribution < 1.29 is 9.53 Å². The highest BCUT2D eigenvalue weighted by Crippen LogP contribution is 2.32. The molecule has 1 saturated heterocycles. The predicted octanol–water partition coefficient (Wildman–Crippen LogP) is 3.36. The summed E-state index contributed by atoms with van der Waals surface area (Å²) in [5.41, 5.74) is 8.56. The normalized spacial score (nSPS) is 14.2. The summed E-state index contributed by atoms with van der Waals surface area (Å²) >= 11 is 1.26. The lowest BCUT2D eigenvalue weighted by Crippen LogP contribution is -2.48. The molecule has 1 fully saturated rings. The van der Waals surface area contributed by atoms with E-state index >= 15 is 0 Å². The average molecular weight is 395 g/mol. The van der Waals surface area contributed by atoms with Gasteiger partial charge in [-0.25, -0.2) is 4.98 Å². The summed E-state index contributed by atoms with van der Waals surface area (Å²) in [6.07, 6.45) is 0. The molecule has 1 aliphatic rings. The topological polar surface area (TPSA) is 71.7 Å². The molecule has 1 amide bonds. The average Bonchev–Trinajstić information content (AvgIpc) is 3.15. The highest BCUT2D eigenvalue weighted by molar-refractivity contribution is 7.17. The zero-order valence-electron chi connectivity index (χ0n) is 15.7. The van der Waals surface area contributed by atoms with Gasteiger partial charge in [0, 0.05) is 31.7 Å². The van der Waals surface area contributed by atoms with Crippen molar-refractivity contribution in [2.24, 2.45) is 0 Å². The van der Waals surface area contributed by atoms with Crippen LogP contribution in [-0.2, 0) is 0 Å². The first kappa shape index (κ1) is 18.3. The Morgan fingerprint density at radius 1 is 1.04 bits per heavy atom. The van der Waals surface area contributed by atoms with Gasteiger partial charge in [0.25, 0.3) is 5.91 Å². The molecule has 0 unspecified atom stereocenters. The van der Waals surface area contributed by atoms with E-state index < -0.39 is 0 Å². The van der Waals surface area contributed by atoms with Gasteiger partial charge < -0.3 is 20.3 Å². The molecule has 0 spiro atoms. The molecule has 144 valence electrons. The summed E-state index contributed by atoms with van der Waals surface area (Å²) in [4.78, 5) is 22.3. The fraction of sp³-hybridized carbons (Fsp3) is 0.238. The monoisotopic (exact) mass is 394 g/mol. The molecule has 1 aliphatic heterocycles. The van der Waals surface area contributed by atoms with Crippen LogP contribution in [0.15, 0.2) is 54.6 Å². The number of carbonyl (C=O) groups excluding carboxylic acids is 1. The Labute approximate surface area is 168 Å². The van der Waals surface area contributed by atoms with Crippen LogP contribution in [-0.4, -0.2) is 49.1 Å². The molecule has 2 N–H and O–H groups in total. The standard InChI is InChI=1S/C21H22N4O2S/c1-27-17-10-6-5-9-16(17)24-11-13-25(14-12-24)20(26)19-18(23-21(22)28-19)15-7-3-2-4-8-15/h2-10H,11-14H2,1H3,(H2,22,23). The molecular weight excluding hydrogens is 372 g/mol. The zero-order valence-corrected chi connectivity index (χ0v) is 16.5. The molecule has 0 radical (unpaired) electrons. The smallest absolute Gasteiger partial charge is 0.266 e. The van der Waals surface area contributed by atoms with Gasteiger partial charge in [0.1, 0.15) is 10.6 Å². The summed E-state index contributed by atoms with van der Waals surface area (Å²) in [6.45, 7) is 2.79. The minimum absolute atomic E-state index is 0.00673. The zero-order chi connectivity index (χ0) is 19.5. The van der Waals surface area contributed by atoms with E-state index in [1.807, 2.05) is 59.5 Å². The quantitative estimate of drug-likeness (QED) is 0.735. The Morgan fingerprint density at radius 3 is 2.43 bits per heavy atom. The van der Waals surface area contributed by atoms with Gasteiger partial charge in [0.15, 0.2) is 5.13 Å². The van der Waals surface area contributed by atoms with Crippen molar-refractivity contribution in [3.8, 4) is 17.0 Å². The van der Waals surface area contributed by atoms with Gasteiger partial charge in [-0.15, -0.1) is 0 Å². The van der Waals surface area contributed by atoms with Gasteiger partial charge in [-0.1, -0.05) is 53.8 Å². The van der Waals surface area contributed by atoms with Crippen molar-refractivity contribution in [2.45, 2.75) is 0 Å². The maximum absolute atomic E-state index is 13.2. The number of thiazole rings is 1. The van der Waals surface area contributed by atoms with E-state index in [1.54, 1.807) is 7.11 Å². The third-order valence-electron chi connectivity index (χ3n) is 4.88. The second kappa shape index (κ2) is 7.90. The van der Waals surface area contributed by atoms with Gasteiger partial charge in [0.05, 0.1) is 18.5 Å². The first-order chi connectivity index (χ1) is 13.7. The number of hydrogen-bond donors (Lipinski definition) is 1. The van der Waals surface area contributed by atoms with Gasteiger partial charge >= 0.3 is 0 Å². The molecule has 4 rings (SSSR count). The molecule has 0 atom stereocenters. The molecule has 28 heavy (non-hydrogen) atoms. The van der Waals surface area contributed by atoms with Crippen LogP contribution in [0.4, 0.5) is 10.8 Å². The van der Waals surface area contributed by atoms with Crippen molar-refractivity contribution in [2.75, 3.05) is 43.9 Å². The van der Waals surface area contributed by atoms with Crippen molar-refractivity contribution >= 4 is 28.1 Å². The number of hydrogen-bond acceptors (Lipinski definition) is 6. The van der Waals surface area contributed by atoms with Crippen LogP contribution in [0.1, 0.15) is 9.67 Å². The van der Waals surface area contributed by atoms with Crippen molar-refractivity contribution in [1.29, 1.82) is 0 Å². The maximum Gasteiger partial charge on any atom is 0.266 e. The maximum atomic E-state index is 13.2. The van der Waals surface area contributed by atoms with Crippen molar-refractivity contribution in [1.82, 2.24) is 9.88 Å². The molecular formula is C21H22N4O2S. The highest BCUT2D eigenvalue weighted by atomic mass is 32.1. The van der Waals surface area contributed by atoms with Crippen LogP contribution >= 0.6 is 11.3 Å². The Hall–Kier alpha value is -3.06. The van der Waals surface area contributed by atoms with Crippen LogP contribution in [0.5, 0.6) is 5.75 Å². The summed E-state index contributed by atoms with van der Waals surface area (Å²) in [5, 5.41) is 0.412. The third kappa shape index (κ3) is 3.53. The first-order valence-electron chi connectivity index (χ1n) is 9.16. The molecule has 0 bridgehead atoms. The first-order valence-corrected chi connectivity index (χ1v) is 9.98. The number of nitrogens with zero attached hydrogens (tertiary/aromatic N) is 3. The molecule has 6 nitrogen and oxygen atoms in total. The Morgan fingerprint density at radius 2 is 1.71 bits per heavy atom. The van der Waals surface area contributed by atoms with E-state index in [0.717, 1.165) is 30.1 Å². The van der Waals surface area contributed by atoms with Crippen LogP contribution in [0.3, 0.4) is 0 Å². The third-order valence-corrected chi connectivity index (χ3v) is 5.75. The van der Waals surface area contributed by atoms with E-state index in [1.165, 1.54) is 11.3 Å². The van der Waals surface area contributed by atoms with Crippen LogP contribution in [0.2, 0.25) is 0 Å². The van der Waals surface area contributed by atoms with Gasteiger partial charge in [-0.3, -0.25) is 4.79 Å². The number of nitrogen functional groups attached to an aromatic ring is 1. The highest BCUT2D eigenvalue weighted by Gasteiger charge is 2.27. The van der Waals surface area contributed by atoms with E-state index in [4.69, 9.17) is 10.5 Å².